The predicted molar refractivity (Wildman–Crippen MR) is 70.3 cm³/mol. The summed E-state index contributed by atoms with van der Waals surface area (Å²) in [4.78, 5) is 22.6. The third kappa shape index (κ3) is 2.24. The Bertz CT molecular complexity index is 498. The second-order valence-corrected chi connectivity index (χ2v) is 5.01. The fraction of sp³-hybridized carbons (Fsp3) is 0.400. The summed E-state index contributed by atoms with van der Waals surface area (Å²) < 4.78 is 1.78. The van der Waals surface area contributed by atoms with E-state index in [1.54, 1.807) is 22.6 Å². The van der Waals surface area contributed by atoms with Crippen molar-refractivity contribution in [2.75, 3.05) is 0 Å². The molecule has 0 aromatic carbocycles. The minimum Gasteiger partial charge on any atom is -0.343 e. The van der Waals surface area contributed by atoms with Gasteiger partial charge in [-0.25, -0.2) is 0 Å². The highest BCUT2D eigenvalue weighted by Crippen LogP contribution is 2.21. The number of amides is 1. The smallest absolute Gasteiger partial charge is 0.280 e. The number of rotatable bonds is 2. The predicted octanol–water partition coefficient (Wildman–Crippen LogP) is 2.09. The third-order valence-electron chi connectivity index (χ3n) is 2.68. The molecule has 1 aliphatic heterocycles. The number of fused-ring (bicyclic) bond motifs is 1. The first-order valence-corrected chi connectivity index (χ1v) is 6.39. The zero-order valence-corrected chi connectivity index (χ0v) is 11.3. The van der Waals surface area contributed by atoms with E-state index in [0.717, 1.165) is 25.1 Å². The normalized spacial score (nSPS) is 13.6. The second-order valence-electron chi connectivity index (χ2n) is 3.64. The van der Waals surface area contributed by atoms with Gasteiger partial charge in [-0.05, 0) is 12.8 Å². The highest BCUT2D eigenvalue weighted by atomic mass is 127. The average molecular weight is 353 g/mol. The lowest BCUT2D eigenvalue weighted by Gasteiger charge is -2.11. The quantitative estimate of drug-likeness (QED) is 0.383. The van der Waals surface area contributed by atoms with Crippen LogP contribution in [0.25, 0.3) is 0 Å². The zero-order chi connectivity index (χ0) is 11.7. The molecule has 1 N–H and O–H groups in total. The zero-order valence-electron chi connectivity index (χ0n) is 8.43. The molecule has 1 aliphatic rings. The Morgan fingerprint density at radius 1 is 1.62 bits per heavy atom. The Morgan fingerprint density at radius 2 is 2.38 bits per heavy atom. The largest absolute Gasteiger partial charge is 0.343 e. The van der Waals surface area contributed by atoms with Crippen LogP contribution in [0, 0.1) is 0 Å². The van der Waals surface area contributed by atoms with Gasteiger partial charge in [0.05, 0.1) is 0 Å². The number of nitrogens with one attached hydrogen (secondary N) is 1. The molecule has 1 aromatic rings. The van der Waals surface area contributed by atoms with Crippen LogP contribution >= 0.6 is 34.2 Å². The first-order chi connectivity index (χ1) is 7.59. The van der Waals surface area contributed by atoms with Gasteiger partial charge in [-0.2, -0.15) is 0 Å². The SMILES string of the molecule is O=C(I)NCc1c2n(c(Cl)cc1=O)CCC2. The molecule has 0 unspecified atom stereocenters. The molecule has 2 rings (SSSR count). The van der Waals surface area contributed by atoms with Gasteiger partial charge in [0.15, 0.2) is 5.43 Å². The summed E-state index contributed by atoms with van der Waals surface area (Å²) in [6, 6.07) is 1.42. The molecule has 2 heterocycles. The fourth-order valence-corrected chi connectivity index (χ4v) is 2.46. The Hall–Kier alpha value is -0.560. The molecule has 0 radical (unpaired) electrons. The molecule has 0 bridgehead atoms. The number of nitrogens with zero attached hydrogens (tertiary/aromatic N) is 1. The van der Waals surface area contributed by atoms with Crippen molar-refractivity contribution in [1.29, 1.82) is 0 Å². The first kappa shape index (κ1) is 11.9. The maximum atomic E-state index is 11.8. The van der Waals surface area contributed by atoms with Crippen molar-refractivity contribution >= 4 is 38.1 Å². The molecule has 0 saturated carbocycles. The number of hydrogen-bond acceptors (Lipinski definition) is 2. The molecule has 0 aliphatic carbocycles. The van der Waals surface area contributed by atoms with E-state index in [1.807, 2.05) is 4.57 Å². The van der Waals surface area contributed by atoms with Crippen LogP contribution < -0.4 is 10.7 Å². The van der Waals surface area contributed by atoms with Crippen molar-refractivity contribution in [3.05, 3.63) is 32.7 Å². The number of halogens is 2. The van der Waals surface area contributed by atoms with Crippen LogP contribution in [0.3, 0.4) is 0 Å². The van der Waals surface area contributed by atoms with Crippen molar-refractivity contribution in [2.24, 2.45) is 0 Å². The molecule has 0 saturated heterocycles. The van der Waals surface area contributed by atoms with Gasteiger partial charge in [0.25, 0.3) is 3.91 Å². The summed E-state index contributed by atoms with van der Waals surface area (Å²) in [6.45, 7) is 1.13. The van der Waals surface area contributed by atoms with Crippen LogP contribution in [0.5, 0.6) is 0 Å². The highest BCUT2D eigenvalue weighted by Gasteiger charge is 2.18. The van der Waals surface area contributed by atoms with Crippen molar-refractivity contribution in [2.45, 2.75) is 25.9 Å². The van der Waals surface area contributed by atoms with Crippen LogP contribution in [0.1, 0.15) is 17.7 Å². The van der Waals surface area contributed by atoms with Crippen LogP contribution in [-0.2, 0) is 19.5 Å². The van der Waals surface area contributed by atoms with Crippen LogP contribution in [-0.4, -0.2) is 8.48 Å². The van der Waals surface area contributed by atoms with Crippen LogP contribution in [0.2, 0.25) is 5.15 Å². The van der Waals surface area contributed by atoms with Gasteiger partial charge in [-0.15, -0.1) is 0 Å². The molecule has 6 heteroatoms. The Labute approximate surface area is 111 Å². The van der Waals surface area contributed by atoms with E-state index in [2.05, 4.69) is 5.32 Å². The van der Waals surface area contributed by atoms with Crippen molar-refractivity contribution in [3.63, 3.8) is 0 Å². The van der Waals surface area contributed by atoms with Crippen LogP contribution in [0.4, 0.5) is 4.79 Å². The van der Waals surface area contributed by atoms with Crippen molar-refractivity contribution < 1.29 is 4.79 Å². The van der Waals surface area contributed by atoms with Crippen molar-refractivity contribution in [3.8, 4) is 0 Å². The maximum absolute atomic E-state index is 11.8. The summed E-state index contributed by atoms with van der Waals surface area (Å²) in [7, 11) is 0. The monoisotopic (exact) mass is 352 g/mol. The minimum atomic E-state index is -0.163. The molecule has 4 nitrogen and oxygen atoms in total. The third-order valence-corrected chi connectivity index (χ3v) is 3.37. The number of carbonyl (C=O) groups is 1. The lowest BCUT2D eigenvalue weighted by atomic mass is 10.1. The number of aromatic nitrogens is 1. The summed E-state index contributed by atoms with van der Waals surface area (Å²) in [5, 5.41) is 3.13. The van der Waals surface area contributed by atoms with E-state index in [0.29, 0.717) is 10.7 Å². The van der Waals surface area contributed by atoms with Gasteiger partial charge in [0, 0.05) is 53.0 Å². The van der Waals surface area contributed by atoms with E-state index in [1.165, 1.54) is 6.07 Å². The van der Waals surface area contributed by atoms with Crippen LogP contribution in [0.15, 0.2) is 10.9 Å². The van der Waals surface area contributed by atoms with E-state index < -0.39 is 0 Å². The lowest BCUT2D eigenvalue weighted by molar-refractivity contribution is 0.262. The summed E-state index contributed by atoms with van der Waals surface area (Å²) in [6.07, 6.45) is 1.84. The first-order valence-electron chi connectivity index (χ1n) is 4.94. The number of pyridine rings is 1. The second kappa shape index (κ2) is 4.75. The molecule has 1 amide bonds. The summed E-state index contributed by atoms with van der Waals surface area (Å²) >= 11 is 7.63. The summed E-state index contributed by atoms with van der Waals surface area (Å²) in [5.74, 6) is 0. The van der Waals surface area contributed by atoms with Gasteiger partial charge in [0.1, 0.15) is 5.15 Å². The Kier molecular flexibility index (Phi) is 3.53. The average Bonchev–Trinajstić information content (AvgIpc) is 2.65. The maximum Gasteiger partial charge on any atom is 0.280 e. The molecular formula is C10H10ClIN2O2. The standard InChI is InChI=1S/C10H10ClIN2O2/c11-9-4-8(15)6(5-13-10(12)16)7-2-1-3-14(7)9/h4H,1-3,5H2,(H,13,16). The lowest BCUT2D eigenvalue weighted by Crippen LogP contribution is -2.24. The van der Waals surface area contributed by atoms with Crippen molar-refractivity contribution in [1.82, 2.24) is 9.88 Å². The van der Waals surface area contributed by atoms with Gasteiger partial charge in [-0.3, -0.25) is 9.59 Å². The molecule has 16 heavy (non-hydrogen) atoms. The minimum absolute atomic E-state index is 0.0942. The molecule has 1 aromatic heterocycles. The Balaban J connectivity index is 2.41. The van der Waals surface area contributed by atoms with Gasteiger partial charge >= 0.3 is 0 Å². The van der Waals surface area contributed by atoms with E-state index >= 15 is 0 Å². The highest BCUT2D eigenvalue weighted by molar-refractivity contribution is 14.1. The summed E-state index contributed by atoms with van der Waals surface area (Å²) in [5.41, 5.74) is 1.53. The molecule has 0 atom stereocenters. The van der Waals surface area contributed by atoms with Gasteiger partial charge < -0.3 is 9.88 Å². The topological polar surface area (TPSA) is 51.1 Å². The fourth-order valence-electron chi connectivity index (χ4n) is 1.99. The van der Waals surface area contributed by atoms with Gasteiger partial charge in [0.2, 0.25) is 0 Å². The van der Waals surface area contributed by atoms with E-state index in [-0.39, 0.29) is 15.9 Å². The van der Waals surface area contributed by atoms with E-state index in [4.69, 9.17) is 11.6 Å². The Morgan fingerprint density at radius 3 is 3.06 bits per heavy atom. The molecule has 0 fully saturated rings. The van der Waals surface area contributed by atoms with Gasteiger partial charge in [-0.1, -0.05) is 11.6 Å². The number of hydrogen-bond donors (Lipinski definition) is 1. The number of carbonyl (C=O) groups excluding carboxylic acids is 1. The molecular weight excluding hydrogens is 342 g/mol. The molecule has 86 valence electrons. The van der Waals surface area contributed by atoms with E-state index in [9.17, 15) is 9.59 Å². The molecule has 0 spiro atoms.